The third-order valence-corrected chi connectivity index (χ3v) is 2.69. The Bertz CT molecular complexity index is 346. The van der Waals surface area contributed by atoms with Gasteiger partial charge in [-0.3, -0.25) is 0 Å². The maximum absolute atomic E-state index is 9.85. The Morgan fingerprint density at radius 2 is 1.81 bits per heavy atom. The Hall–Kier alpha value is -1.06. The van der Waals surface area contributed by atoms with Crippen LogP contribution in [0.15, 0.2) is 24.3 Å². The van der Waals surface area contributed by atoms with Gasteiger partial charge in [-0.1, -0.05) is 12.1 Å². The van der Waals surface area contributed by atoms with Gasteiger partial charge < -0.3 is 14.9 Å². The SMILES string of the molecule is CC(C)(O)C(O)c1ccc(OC2CC2)cc1. The number of hydrogen-bond acceptors (Lipinski definition) is 3. The summed E-state index contributed by atoms with van der Waals surface area (Å²) in [6.07, 6.45) is 1.77. The van der Waals surface area contributed by atoms with Gasteiger partial charge in [0, 0.05) is 0 Å². The fourth-order valence-corrected chi connectivity index (χ4v) is 1.51. The summed E-state index contributed by atoms with van der Waals surface area (Å²) in [4.78, 5) is 0. The molecule has 2 N–H and O–H groups in total. The van der Waals surface area contributed by atoms with Crippen LogP contribution in [-0.2, 0) is 0 Å². The van der Waals surface area contributed by atoms with Crippen LogP contribution in [0.4, 0.5) is 0 Å². The first kappa shape index (κ1) is 11.4. The predicted molar refractivity (Wildman–Crippen MR) is 61.3 cm³/mol. The Morgan fingerprint density at radius 1 is 1.25 bits per heavy atom. The van der Waals surface area contributed by atoms with Crippen LogP contribution in [0.2, 0.25) is 0 Å². The van der Waals surface area contributed by atoms with Gasteiger partial charge in [-0.25, -0.2) is 0 Å². The summed E-state index contributed by atoms with van der Waals surface area (Å²) < 4.78 is 5.60. The van der Waals surface area contributed by atoms with Crippen molar-refractivity contribution in [3.05, 3.63) is 29.8 Å². The van der Waals surface area contributed by atoms with Gasteiger partial charge in [-0.05, 0) is 44.4 Å². The van der Waals surface area contributed by atoms with Crippen molar-refractivity contribution in [2.75, 3.05) is 0 Å². The van der Waals surface area contributed by atoms with Crippen LogP contribution >= 0.6 is 0 Å². The Labute approximate surface area is 95.7 Å². The zero-order valence-corrected chi connectivity index (χ0v) is 9.68. The lowest BCUT2D eigenvalue weighted by Gasteiger charge is -2.24. The molecule has 16 heavy (non-hydrogen) atoms. The minimum atomic E-state index is -1.13. The van der Waals surface area contributed by atoms with Crippen LogP contribution in [0, 0.1) is 0 Å². The topological polar surface area (TPSA) is 49.7 Å². The van der Waals surface area contributed by atoms with E-state index in [1.165, 1.54) is 0 Å². The lowest BCUT2D eigenvalue weighted by atomic mass is 9.95. The van der Waals surface area contributed by atoms with Crippen LogP contribution < -0.4 is 4.74 Å². The van der Waals surface area contributed by atoms with Gasteiger partial charge >= 0.3 is 0 Å². The average Bonchev–Trinajstić information content (AvgIpc) is 3.00. The van der Waals surface area contributed by atoms with Gasteiger partial charge in [0.2, 0.25) is 0 Å². The van der Waals surface area contributed by atoms with E-state index in [0.29, 0.717) is 11.7 Å². The summed E-state index contributed by atoms with van der Waals surface area (Å²) in [6.45, 7) is 3.18. The van der Waals surface area contributed by atoms with Gasteiger partial charge in [0.1, 0.15) is 11.9 Å². The average molecular weight is 222 g/mol. The number of rotatable bonds is 4. The van der Waals surface area contributed by atoms with E-state index in [0.717, 1.165) is 18.6 Å². The summed E-state index contributed by atoms with van der Waals surface area (Å²) in [7, 11) is 0. The second kappa shape index (κ2) is 4.07. The third kappa shape index (κ3) is 2.74. The van der Waals surface area contributed by atoms with E-state index in [9.17, 15) is 10.2 Å². The highest BCUT2D eigenvalue weighted by atomic mass is 16.5. The van der Waals surface area contributed by atoms with Gasteiger partial charge in [-0.15, -0.1) is 0 Å². The minimum absolute atomic E-state index is 0.380. The predicted octanol–water partition coefficient (Wildman–Crippen LogP) is 2.03. The van der Waals surface area contributed by atoms with Gasteiger partial charge in [0.05, 0.1) is 11.7 Å². The maximum Gasteiger partial charge on any atom is 0.119 e. The van der Waals surface area contributed by atoms with Crippen molar-refractivity contribution in [3.63, 3.8) is 0 Å². The zero-order valence-electron chi connectivity index (χ0n) is 9.68. The first-order valence-electron chi connectivity index (χ1n) is 5.64. The number of hydrogen-bond donors (Lipinski definition) is 2. The van der Waals surface area contributed by atoms with E-state index in [1.807, 2.05) is 12.1 Å². The molecule has 1 unspecified atom stereocenters. The van der Waals surface area contributed by atoms with Gasteiger partial charge in [-0.2, -0.15) is 0 Å². The molecule has 0 bridgehead atoms. The Morgan fingerprint density at radius 3 is 2.25 bits per heavy atom. The molecule has 1 atom stereocenters. The molecule has 1 aromatic rings. The zero-order chi connectivity index (χ0) is 11.8. The molecular weight excluding hydrogens is 204 g/mol. The van der Waals surface area contributed by atoms with Gasteiger partial charge in [0.25, 0.3) is 0 Å². The molecule has 0 spiro atoms. The second-order valence-corrected chi connectivity index (χ2v) is 4.94. The quantitative estimate of drug-likeness (QED) is 0.819. The van der Waals surface area contributed by atoms with Crippen LogP contribution in [0.25, 0.3) is 0 Å². The number of aliphatic hydroxyl groups excluding tert-OH is 1. The molecule has 1 aliphatic carbocycles. The lowest BCUT2D eigenvalue weighted by molar-refractivity contribution is -0.0497. The standard InChI is InChI=1S/C13H18O3/c1-13(2,15)12(14)9-3-5-10(6-4-9)16-11-7-8-11/h3-6,11-12,14-15H,7-8H2,1-2H3. The Balaban J connectivity index is 2.05. The molecule has 0 radical (unpaired) electrons. The van der Waals surface area contributed by atoms with Crippen LogP contribution in [0.5, 0.6) is 5.75 Å². The number of benzene rings is 1. The molecule has 0 heterocycles. The van der Waals surface area contributed by atoms with Crippen molar-refractivity contribution in [1.82, 2.24) is 0 Å². The molecular formula is C13H18O3. The third-order valence-electron chi connectivity index (χ3n) is 2.69. The van der Waals surface area contributed by atoms with Crippen LogP contribution in [-0.4, -0.2) is 21.9 Å². The second-order valence-electron chi connectivity index (χ2n) is 4.94. The fourth-order valence-electron chi connectivity index (χ4n) is 1.51. The van der Waals surface area contributed by atoms with E-state index in [2.05, 4.69) is 0 Å². The van der Waals surface area contributed by atoms with Crippen molar-refractivity contribution < 1.29 is 14.9 Å². The van der Waals surface area contributed by atoms with Crippen molar-refractivity contribution >= 4 is 0 Å². The number of ether oxygens (including phenoxy) is 1. The minimum Gasteiger partial charge on any atom is -0.490 e. The lowest BCUT2D eigenvalue weighted by Crippen LogP contribution is -2.28. The smallest absolute Gasteiger partial charge is 0.119 e. The Kier molecular flexibility index (Phi) is 2.91. The fraction of sp³-hybridized carbons (Fsp3) is 0.538. The van der Waals surface area contributed by atoms with Crippen molar-refractivity contribution in [2.24, 2.45) is 0 Å². The maximum atomic E-state index is 9.85. The highest BCUT2D eigenvalue weighted by molar-refractivity contribution is 5.30. The molecule has 1 saturated carbocycles. The van der Waals surface area contributed by atoms with E-state index in [4.69, 9.17) is 4.74 Å². The van der Waals surface area contributed by atoms with Crippen molar-refractivity contribution in [2.45, 2.75) is 44.5 Å². The summed E-state index contributed by atoms with van der Waals surface area (Å²) in [5, 5.41) is 19.5. The first-order chi connectivity index (χ1) is 7.47. The largest absolute Gasteiger partial charge is 0.490 e. The van der Waals surface area contributed by atoms with Crippen LogP contribution in [0.3, 0.4) is 0 Å². The molecule has 0 saturated heterocycles. The van der Waals surface area contributed by atoms with E-state index in [1.54, 1.807) is 26.0 Å². The highest BCUT2D eigenvalue weighted by Crippen LogP contribution is 2.29. The summed E-state index contributed by atoms with van der Waals surface area (Å²) >= 11 is 0. The number of aliphatic hydroxyl groups is 2. The summed E-state index contributed by atoms with van der Waals surface area (Å²) in [5.41, 5.74) is -0.422. The van der Waals surface area contributed by atoms with E-state index >= 15 is 0 Å². The van der Waals surface area contributed by atoms with Crippen molar-refractivity contribution in [1.29, 1.82) is 0 Å². The molecule has 1 aromatic carbocycles. The molecule has 2 rings (SSSR count). The molecule has 3 nitrogen and oxygen atoms in total. The monoisotopic (exact) mass is 222 g/mol. The molecule has 0 amide bonds. The molecule has 1 fully saturated rings. The summed E-state index contributed by atoms with van der Waals surface area (Å²) in [6, 6.07) is 7.26. The molecule has 88 valence electrons. The molecule has 1 aliphatic rings. The highest BCUT2D eigenvalue weighted by Gasteiger charge is 2.26. The molecule has 3 heteroatoms. The molecule has 0 aliphatic heterocycles. The van der Waals surface area contributed by atoms with Gasteiger partial charge in [0.15, 0.2) is 0 Å². The van der Waals surface area contributed by atoms with Crippen molar-refractivity contribution in [3.8, 4) is 5.75 Å². The molecule has 0 aromatic heterocycles. The van der Waals surface area contributed by atoms with E-state index in [-0.39, 0.29) is 0 Å². The van der Waals surface area contributed by atoms with E-state index < -0.39 is 11.7 Å². The van der Waals surface area contributed by atoms with Crippen LogP contribution in [0.1, 0.15) is 38.4 Å². The summed E-state index contributed by atoms with van der Waals surface area (Å²) in [5.74, 6) is 0.828. The first-order valence-corrected chi connectivity index (χ1v) is 5.64. The normalized spacial score (nSPS) is 18.2.